The van der Waals surface area contributed by atoms with Crippen molar-refractivity contribution in [1.82, 2.24) is 19.9 Å². The van der Waals surface area contributed by atoms with Crippen molar-refractivity contribution in [1.29, 1.82) is 0 Å². The topological polar surface area (TPSA) is 79.2 Å². The first-order valence-electron chi connectivity index (χ1n) is 24.4. The van der Waals surface area contributed by atoms with E-state index in [1.807, 2.05) is 24.8 Å². The molecule has 2 aromatic heterocycles. The van der Waals surface area contributed by atoms with Gasteiger partial charge in [-0.2, -0.15) is 0 Å². The Kier molecular flexibility index (Phi) is 22.6. The number of hydrogen-bond acceptors (Lipinski definition) is 7. The summed E-state index contributed by atoms with van der Waals surface area (Å²) in [7, 11) is -2.28. The highest BCUT2D eigenvalue weighted by molar-refractivity contribution is 6.77. The van der Waals surface area contributed by atoms with Crippen LogP contribution in [-0.4, -0.2) is 49.3 Å². The lowest BCUT2D eigenvalue weighted by Crippen LogP contribution is -2.23. The van der Waals surface area contributed by atoms with Gasteiger partial charge in [-0.25, -0.2) is 19.9 Å². The first kappa shape index (κ1) is 50.1. The van der Waals surface area contributed by atoms with Crippen LogP contribution in [0.5, 0.6) is 23.5 Å². The van der Waals surface area contributed by atoms with Crippen LogP contribution in [-0.2, 0) is 12.8 Å². The fourth-order valence-electron chi connectivity index (χ4n) is 7.59. The standard InChI is InChI=1S/C52H82N4O3Si2/c1-9-13-15-17-19-23-33-57-51-53-39-47(40-54-51)43-29-31-49(45(37-43)27-21-25-35-60(5,6)11-3)59-50-32-30-44(38-46(50)28-22-26-36-61(7,8)12-4)48-41-55-52(56-42-48)58-34-24-20-18-16-14-10-2/h29-32,37-42H,9-28,33-36H2,1-8H3. The molecule has 0 aliphatic rings. The highest BCUT2D eigenvalue weighted by Crippen LogP contribution is 2.36. The Morgan fingerprint density at radius 2 is 0.803 bits per heavy atom. The largest absolute Gasteiger partial charge is 0.463 e. The number of rotatable bonds is 32. The molecule has 336 valence electrons. The predicted octanol–water partition coefficient (Wildman–Crippen LogP) is 16.0. The lowest BCUT2D eigenvalue weighted by atomic mass is 10.00. The molecule has 2 heterocycles. The van der Waals surface area contributed by atoms with Crippen LogP contribution in [0.4, 0.5) is 0 Å². The Morgan fingerprint density at radius 1 is 0.426 bits per heavy atom. The Balaban J connectivity index is 1.53. The second kappa shape index (κ2) is 27.5. The number of benzene rings is 2. The maximum absolute atomic E-state index is 6.99. The van der Waals surface area contributed by atoms with E-state index < -0.39 is 16.1 Å². The minimum Gasteiger partial charge on any atom is -0.463 e. The number of ether oxygens (including phenoxy) is 3. The second-order valence-corrected chi connectivity index (χ2v) is 30.0. The molecule has 0 amide bonds. The summed E-state index contributed by atoms with van der Waals surface area (Å²) in [6.45, 7) is 20.6. The molecule has 0 spiro atoms. The monoisotopic (exact) mass is 867 g/mol. The molecule has 0 bridgehead atoms. The molecule has 4 rings (SSSR count). The molecule has 0 N–H and O–H groups in total. The number of nitrogens with zero attached hydrogens (tertiary/aromatic N) is 4. The zero-order valence-electron chi connectivity index (χ0n) is 39.8. The van der Waals surface area contributed by atoms with Crippen LogP contribution in [0.25, 0.3) is 22.3 Å². The third-order valence-corrected chi connectivity index (χ3v) is 20.0. The van der Waals surface area contributed by atoms with Gasteiger partial charge in [-0.05, 0) is 85.0 Å². The first-order valence-corrected chi connectivity index (χ1v) is 31.2. The lowest BCUT2D eigenvalue weighted by Gasteiger charge is -2.21. The highest BCUT2D eigenvalue weighted by atomic mass is 28.3. The third-order valence-electron chi connectivity index (χ3n) is 12.7. The van der Waals surface area contributed by atoms with Gasteiger partial charge < -0.3 is 14.2 Å². The fourth-order valence-corrected chi connectivity index (χ4v) is 10.7. The quantitative estimate of drug-likeness (QED) is 0.0357. The molecule has 7 nitrogen and oxygen atoms in total. The van der Waals surface area contributed by atoms with Crippen LogP contribution >= 0.6 is 0 Å². The molecule has 0 saturated carbocycles. The zero-order chi connectivity index (χ0) is 43.8. The number of unbranched alkanes of at least 4 members (excludes halogenated alkanes) is 12. The smallest absolute Gasteiger partial charge is 0.316 e. The minimum atomic E-state index is -1.14. The summed E-state index contributed by atoms with van der Waals surface area (Å²) in [5.41, 5.74) is 6.64. The minimum absolute atomic E-state index is 0.455. The average molecular weight is 867 g/mol. The number of aromatic nitrogens is 4. The molecule has 2 aromatic carbocycles. The predicted molar refractivity (Wildman–Crippen MR) is 264 cm³/mol. The van der Waals surface area contributed by atoms with E-state index in [-0.39, 0.29) is 0 Å². The van der Waals surface area contributed by atoms with Crippen molar-refractivity contribution in [3.05, 3.63) is 72.3 Å². The summed E-state index contributed by atoms with van der Waals surface area (Å²) in [6.07, 6.45) is 29.0. The van der Waals surface area contributed by atoms with Crippen LogP contribution in [0, 0.1) is 0 Å². The van der Waals surface area contributed by atoms with E-state index in [9.17, 15) is 0 Å². The van der Waals surface area contributed by atoms with E-state index in [4.69, 9.17) is 14.2 Å². The molecule has 0 aliphatic heterocycles. The Morgan fingerprint density at radius 3 is 1.18 bits per heavy atom. The number of aryl methyl sites for hydroxylation is 2. The van der Waals surface area contributed by atoms with E-state index in [0.717, 1.165) is 72.3 Å². The molecule has 0 saturated heterocycles. The van der Waals surface area contributed by atoms with E-state index in [1.54, 1.807) is 0 Å². The van der Waals surface area contributed by atoms with E-state index in [2.05, 4.69) is 110 Å². The van der Waals surface area contributed by atoms with Crippen LogP contribution in [0.2, 0.25) is 50.4 Å². The van der Waals surface area contributed by atoms with Gasteiger partial charge >= 0.3 is 12.0 Å². The van der Waals surface area contributed by atoms with Crippen LogP contribution < -0.4 is 14.2 Å². The molecule has 9 heteroatoms. The summed E-state index contributed by atoms with van der Waals surface area (Å²) in [4.78, 5) is 18.4. The maximum Gasteiger partial charge on any atom is 0.316 e. The van der Waals surface area contributed by atoms with Crippen molar-refractivity contribution >= 4 is 16.1 Å². The summed E-state index contributed by atoms with van der Waals surface area (Å²) in [6, 6.07) is 19.5. The molecule has 61 heavy (non-hydrogen) atoms. The number of hydrogen-bond donors (Lipinski definition) is 0. The molecule has 0 unspecified atom stereocenters. The zero-order valence-corrected chi connectivity index (χ0v) is 41.8. The molecular weight excluding hydrogens is 785 g/mol. The van der Waals surface area contributed by atoms with Crippen LogP contribution in [0.15, 0.2) is 61.2 Å². The normalized spacial score (nSPS) is 11.9. The van der Waals surface area contributed by atoms with Gasteiger partial charge in [0.05, 0.1) is 13.2 Å². The Bertz CT molecular complexity index is 1670. The van der Waals surface area contributed by atoms with Gasteiger partial charge in [0.1, 0.15) is 11.5 Å². The van der Waals surface area contributed by atoms with Crippen molar-refractivity contribution in [2.45, 2.75) is 194 Å². The van der Waals surface area contributed by atoms with Crippen LogP contribution in [0.1, 0.15) is 142 Å². The molecule has 4 aromatic rings. The molecular formula is C52H82N4O3Si2. The maximum atomic E-state index is 6.99. The molecule has 0 aliphatic carbocycles. The first-order chi connectivity index (χ1) is 29.6. The van der Waals surface area contributed by atoms with Gasteiger partial charge in [-0.1, -0.05) is 167 Å². The van der Waals surface area contributed by atoms with Crippen molar-refractivity contribution in [3.63, 3.8) is 0 Å². The van der Waals surface area contributed by atoms with E-state index in [1.165, 1.54) is 112 Å². The van der Waals surface area contributed by atoms with Gasteiger partial charge in [0.2, 0.25) is 0 Å². The molecule has 0 fully saturated rings. The Hall–Kier alpha value is -3.57. The average Bonchev–Trinajstić information content (AvgIpc) is 3.27. The van der Waals surface area contributed by atoms with Gasteiger partial charge in [-0.3, -0.25) is 0 Å². The van der Waals surface area contributed by atoms with E-state index in [0.29, 0.717) is 25.2 Å². The van der Waals surface area contributed by atoms with Gasteiger partial charge in [0, 0.05) is 52.1 Å². The van der Waals surface area contributed by atoms with Crippen molar-refractivity contribution < 1.29 is 14.2 Å². The van der Waals surface area contributed by atoms with Crippen molar-refractivity contribution in [2.75, 3.05) is 13.2 Å². The SMILES string of the molecule is CCCCCCCCOc1ncc(-c2ccc(Oc3ccc(-c4cnc(OCCCCCCCC)nc4)cc3CCCC[Si](C)(C)CC)c(CCCC[Si](C)(C)CC)c2)cn1. The van der Waals surface area contributed by atoms with Gasteiger partial charge in [-0.15, -0.1) is 0 Å². The summed E-state index contributed by atoms with van der Waals surface area (Å²) < 4.78 is 18.8. The van der Waals surface area contributed by atoms with Crippen LogP contribution in [0.3, 0.4) is 0 Å². The van der Waals surface area contributed by atoms with E-state index >= 15 is 0 Å². The second-order valence-electron chi connectivity index (χ2n) is 18.9. The van der Waals surface area contributed by atoms with Crippen molar-refractivity contribution in [2.24, 2.45) is 0 Å². The molecule has 0 atom stereocenters. The summed E-state index contributed by atoms with van der Waals surface area (Å²) in [5.74, 6) is 1.86. The molecule has 0 radical (unpaired) electrons. The third kappa shape index (κ3) is 18.8. The van der Waals surface area contributed by atoms with Gasteiger partial charge in [0.15, 0.2) is 0 Å². The fraction of sp³-hybridized carbons (Fsp3) is 0.615. The Labute approximate surface area is 373 Å². The summed E-state index contributed by atoms with van der Waals surface area (Å²) in [5, 5.41) is 0. The summed E-state index contributed by atoms with van der Waals surface area (Å²) >= 11 is 0. The lowest BCUT2D eigenvalue weighted by molar-refractivity contribution is 0.281. The highest BCUT2D eigenvalue weighted by Gasteiger charge is 2.19. The van der Waals surface area contributed by atoms with Gasteiger partial charge in [0.25, 0.3) is 0 Å². The van der Waals surface area contributed by atoms with Crippen molar-refractivity contribution in [3.8, 4) is 45.8 Å².